The van der Waals surface area contributed by atoms with Crippen molar-refractivity contribution < 1.29 is 18.0 Å². The van der Waals surface area contributed by atoms with Gasteiger partial charge >= 0.3 is 0 Å². The Balaban J connectivity index is 2.53. The first-order valence-electron chi connectivity index (χ1n) is 4.43. The summed E-state index contributed by atoms with van der Waals surface area (Å²) < 4.78 is 39.6. The Morgan fingerprint density at radius 3 is 2.41 bits per heavy atom. The fraction of sp³-hybridized carbons (Fsp3) is 0. The molecule has 0 N–H and O–H groups in total. The van der Waals surface area contributed by atoms with Gasteiger partial charge < -0.3 is 0 Å². The number of hydrogen-bond donors (Lipinski definition) is 0. The van der Waals surface area contributed by atoms with Gasteiger partial charge in [-0.3, -0.25) is 4.79 Å². The number of halogens is 4. The summed E-state index contributed by atoms with van der Waals surface area (Å²) in [5, 5.41) is 1.63. The summed E-state index contributed by atoms with van der Waals surface area (Å²) >= 11 is 4.21. The van der Waals surface area contributed by atoms with Gasteiger partial charge in [-0.1, -0.05) is 0 Å². The molecule has 17 heavy (non-hydrogen) atoms. The van der Waals surface area contributed by atoms with Gasteiger partial charge in [0.2, 0.25) is 5.78 Å². The molecule has 0 unspecified atom stereocenters. The normalized spacial score (nSPS) is 10.6. The zero-order valence-corrected chi connectivity index (χ0v) is 10.5. The lowest BCUT2D eigenvalue weighted by atomic mass is 10.1. The van der Waals surface area contributed by atoms with E-state index >= 15 is 0 Å². The largest absolute Gasteiger partial charge is 0.288 e. The van der Waals surface area contributed by atoms with Crippen LogP contribution in [-0.4, -0.2) is 5.78 Å². The monoisotopic (exact) mass is 320 g/mol. The molecule has 2 rings (SSSR count). The maximum atomic E-state index is 13.4. The molecule has 0 aliphatic heterocycles. The van der Waals surface area contributed by atoms with Crippen molar-refractivity contribution >= 4 is 33.0 Å². The fourth-order valence-electron chi connectivity index (χ4n) is 1.28. The van der Waals surface area contributed by atoms with Gasteiger partial charge in [0, 0.05) is 4.47 Å². The Morgan fingerprint density at radius 2 is 1.82 bits per heavy atom. The highest BCUT2D eigenvalue weighted by molar-refractivity contribution is 9.10. The SMILES string of the molecule is O=C(c1ccc(F)c(F)c1F)c1sccc1Br. The van der Waals surface area contributed by atoms with Gasteiger partial charge in [0.25, 0.3) is 0 Å². The molecule has 6 heteroatoms. The van der Waals surface area contributed by atoms with Crippen molar-refractivity contribution in [2.75, 3.05) is 0 Å². The summed E-state index contributed by atoms with van der Waals surface area (Å²) in [5.74, 6) is -5.09. The quantitative estimate of drug-likeness (QED) is 0.600. The van der Waals surface area contributed by atoms with Gasteiger partial charge in [0.1, 0.15) is 0 Å². The van der Waals surface area contributed by atoms with E-state index in [4.69, 9.17) is 0 Å². The molecule has 0 aliphatic rings. The van der Waals surface area contributed by atoms with Crippen LogP contribution in [-0.2, 0) is 0 Å². The van der Waals surface area contributed by atoms with Gasteiger partial charge in [-0.05, 0) is 39.5 Å². The molecule has 2 aromatic rings. The van der Waals surface area contributed by atoms with Crippen LogP contribution >= 0.6 is 27.3 Å². The Labute approximate surface area is 107 Å². The minimum absolute atomic E-state index is 0.245. The zero-order valence-electron chi connectivity index (χ0n) is 8.14. The second kappa shape index (κ2) is 4.62. The van der Waals surface area contributed by atoms with Crippen LogP contribution in [0.5, 0.6) is 0 Å². The summed E-state index contributed by atoms with van der Waals surface area (Å²) in [5.41, 5.74) is -0.480. The molecular weight excluding hydrogens is 317 g/mol. The summed E-state index contributed by atoms with van der Waals surface area (Å²) in [7, 11) is 0. The van der Waals surface area contributed by atoms with Crippen LogP contribution in [0, 0.1) is 17.5 Å². The van der Waals surface area contributed by atoms with Crippen LogP contribution in [0.15, 0.2) is 28.1 Å². The number of rotatable bonds is 2. The Morgan fingerprint density at radius 1 is 1.12 bits per heavy atom. The van der Waals surface area contributed by atoms with Crippen molar-refractivity contribution in [1.82, 2.24) is 0 Å². The standard InChI is InChI=1S/C11H4BrF3OS/c12-6-3-4-17-11(6)10(16)5-1-2-7(13)9(15)8(5)14/h1-4H. The second-order valence-corrected chi connectivity index (χ2v) is 4.92. The first kappa shape index (κ1) is 12.3. The van der Waals surface area contributed by atoms with Gasteiger partial charge in [0.15, 0.2) is 17.5 Å². The van der Waals surface area contributed by atoms with E-state index in [-0.39, 0.29) is 4.88 Å². The predicted molar refractivity (Wildman–Crippen MR) is 61.8 cm³/mol. The molecule has 1 aromatic carbocycles. The molecule has 1 heterocycles. The summed E-state index contributed by atoms with van der Waals surface area (Å²) in [4.78, 5) is 12.1. The minimum Gasteiger partial charge on any atom is -0.288 e. The second-order valence-electron chi connectivity index (χ2n) is 3.15. The molecule has 1 nitrogen and oxygen atoms in total. The molecule has 0 saturated carbocycles. The van der Waals surface area contributed by atoms with E-state index in [2.05, 4.69) is 15.9 Å². The lowest BCUT2D eigenvalue weighted by Crippen LogP contribution is -2.06. The first-order valence-corrected chi connectivity index (χ1v) is 6.11. The number of thiophene rings is 1. The van der Waals surface area contributed by atoms with Crippen molar-refractivity contribution in [3.63, 3.8) is 0 Å². The Bertz CT molecular complexity index is 594. The van der Waals surface area contributed by atoms with Crippen molar-refractivity contribution in [1.29, 1.82) is 0 Å². The zero-order chi connectivity index (χ0) is 12.6. The van der Waals surface area contributed by atoms with Gasteiger partial charge in [-0.25, -0.2) is 13.2 Å². The average molecular weight is 321 g/mol. The van der Waals surface area contributed by atoms with E-state index in [9.17, 15) is 18.0 Å². The molecular formula is C11H4BrF3OS. The Hall–Kier alpha value is -1.14. The topological polar surface area (TPSA) is 17.1 Å². The lowest BCUT2D eigenvalue weighted by molar-refractivity contribution is 0.103. The number of benzene rings is 1. The molecule has 0 aliphatic carbocycles. The molecule has 0 saturated heterocycles. The van der Waals surface area contributed by atoms with Crippen molar-refractivity contribution in [2.24, 2.45) is 0 Å². The molecule has 0 amide bonds. The van der Waals surface area contributed by atoms with Crippen LogP contribution in [0.2, 0.25) is 0 Å². The lowest BCUT2D eigenvalue weighted by Gasteiger charge is -2.02. The van der Waals surface area contributed by atoms with Crippen LogP contribution in [0.4, 0.5) is 13.2 Å². The highest BCUT2D eigenvalue weighted by Crippen LogP contribution is 2.27. The molecule has 0 spiro atoms. The van der Waals surface area contributed by atoms with E-state index in [1.165, 1.54) is 0 Å². The Kier molecular flexibility index (Phi) is 3.35. The number of carbonyl (C=O) groups excluding carboxylic acids is 1. The first-order chi connectivity index (χ1) is 8.02. The number of carbonyl (C=O) groups is 1. The van der Waals surface area contributed by atoms with Crippen LogP contribution < -0.4 is 0 Å². The third-order valence-corrected chi connectivity index (χ3v) is 3.94. The maximum absolute atomic E-state index is 13.4. The van der Waals surface area contributed by atoms with Crippen molar-refractivity contribution in [3.05, 3.63) is 55.9 Å². The number of hydrogen-bond acceptors (Lipinski definition) is 2. The third kappa shape index (κ3) is 2.14. The highest BCUT2D eigenvalue weighted by Gasteiger charge is 2.22. The van der Waals surface area contributed by atoms with E-state index in [1.54, 1.807) is 11.4 Å². The van der Waals surface area contributed by atoms with E-state index in [0.29, 0.717) is 4.47 Å². The number of ketones is 1. The summed E-state index contributed by atoms with van der Waals surface area (Å²) in [6.45, 7) is 0. The smallest absolute Gasteiger partial charge is 0.207 e. The summed E-state index contributed by atoms with van der Waals surface area (Å²) in [6.07, 6.45) is 0. The maximum Gasteiger partial charge on any atom is 0.207 e. The highest BCUT2D eigenvalue weighted by atomic mass is 79.9. The van der Waals surface area contributed by atoms with Crippen molar-refractivity contribution in [2.45, 2.75) is 0 Å². The summed E-state index contributed by atoms with van der Waals surface area (Å²) in [6, 6.07) is 3.28. The molecule has 0 bridgehead atoms. The van der Waals surface area contributed by atoms with Crippen molar-refractivity contribution in [3.8, 4) is 0 Å². The molecule has 88 valence electrons. The van der Waals surface area contributed by atoms with Crippen LogP contribution in [0.1, 0.15) is 15.2 Å². The van der Waals surface area contributed by atoms with Gasteiger partial charge in [-0.2, -0.15) is 0 Å². The average Bonchev–Trinajstić information content (AvgIpc) is 2.72. The van der Waals surface area contributed by atoms with Crippen LogP contribution in [0.3, 0.4) is 0 Å². The predicted octanol–water partition coefficient (Wildman–Crippen LogP) is 4.16. The molecule has 1 aromatic heterocycles. The third-order valence-electron chi connectivity index (χ3n) is 2.10. The minimum atomic E-state index is -1.64. The molecule has 0 atom stereocenters. The van der Waals surface area contributed by atoms with E-state index in [1.807, 2.05) is 0 Å². The molecule has 0 radical (unpaired) electrons. The van der Waals surface area contributed by atoms with Gasteiger partial charge in [-0.15, -0.1) is 11.3 Å². The van der Waals surface area contributed by atoms with Crippen LogP contribution in [0.25, 0.3) is 0 Å². The fourth-order valence-corrected chi connectivity index (χ4v) is 2.78. The molecule has 0 fully saturated rings. The van der Waals surface area contributed by atoms with E-state index in [0.717, 1.165) is 23.5 Å². The van der Waals surface area contributed by atoms with E-state index < -0.39 is 28.8 Å². The van der Waals surface area contributed by atoms with Gasteiger partial charge in [0.05, 0.1) is 10.4 Å².